The van der Waals surface area contributed by atoms with Crippen molar-refractivity contribution in [2.24, 2.45) is 11.8 Å². The van der Waals surface area contributed by atoms with Gasteiger partial charge >= 0.3 is 0 Å². The topological polar surface area (TPSA) is 33.2 Å². The third-order valence-corrected chi connectivity index (χ3v) is 3.07. The Kier molecular flexibility index (Phi) is 2.90. The van der Waals surface area contributed by atoms with Crippen molar-refractivity contribution >= 4 is 5.91 Å². The molecule has 0 aromatic carbocycles. The van der Waals surface area contributed by atoms with Crippen LogP contribution in [0.15, 0.2) is 18.2 Å². The average molecular weight is 222 g/mol. The van der Waals surface area contributed by atoms with Gasteiger partial charge in [-0.25, -0.2) is 4.98 Å². The van der Waals surface area contributed by atoms with E-state index in [9.17, 15) is 9.18 Å². The summed E-state index contributed by atoms with van der Waals surface area (Å²) < 4.78 is 12.8. The van der Waals surface area contributed by atoms with E-state index in [-0.39, 0.29) is 11.6 Å². The number of hydrogen-bond acceptors (Lipinski definition) is 2. The van der Waals surface area contributed by atoms with Crippen molar-refractivity contribution < 1.29 is 9.18 Å². The molecule has 0 radical (unpaired) electrons. The molecule has 3 nitrogen and oxygen atoms in total. The Bertz CT molecular complexity index is 408. The average Bonchev–Trinajstić information content (AvgIpc) is 2.93. The van der Waals surface area contributed by atoms with Crippen LogP contribution in [-0.2, 0) is 0 Å². The maximum Gasteiger partial charge on any atom is 0.272 e. The summed E-state index contributed by atoms with van der Waals surface area (Å²) >= 11 is 0. The largest absolute Gasteiger partial charge is 0.340 e. The molecule has 0 saturated heterocycles. The van der Waals surface area contributed by atoms with E-state index < -0.39 is 5.95 Å². The minimum atomic E-state index is -0.612. The van der Waals surface area contributed by atoms with Crippen molar-refractivity contribution in [3.63, 3.8) is 0 Å². The van der Waals surface area contributed by atoms with Crippen LogP contribution in [0.1, 0.15) is 23.8 Å². The van der Waals surface area contributed by atoms with Gasteiger partial charge in [-0.15, -0.1) is 0 Å². The second-order valence-electron chi connectivity index (χ2n) is 4.50. The number of amides is 1. The van der Waals surface area contributed by atoms with Gasteiger partial charge in [-0.3, -0.25) is 4.79 Å². The number of carbonyl (C=O) groups is 1. The van der Waals surface area contributed by atoms with E-state index in [1.54, 1.807) is 11.9 Å². The molecule has 4 heteroatoms. The first-order valence-electron chi connectivity index (χ1n) is 5.46. The van der Waals surface area contributed by atoms with Gasteiger partial charge in [0.05, 0.1) is 0 Å². The van der Waals surface area contributed by atoms with Crippen LogP contribution < -0.4 is 0 Å². The molecule has 0 spiro atoms. The molecule has 1 aliphatic rings. The summed E-state index contributed by atoms with van der Waals surface area (Å²) in [6.07, 6.45) is 1.17. The highest BCUT2D eigenvalue weighted by Crippen LogP contribution is 2.38. The van der Waals surface area contributed by atoms with Crippen LogP contribution in [0.3, 0.4) is 0 Å². The van der Waals surface area contributed by atoms with Crippen molar-refractivity contribution in [2.75, 3.05) is 13.6 Å². The maximum absolute atomic E-state index is 12.8. The predicted octanol–water partition coefficient (Wildman–Crippen LogP) is 1.95. The molecular weight excluding hydrogens is 207 g/mol. The zero-order valence-electron chi connectivity index (χ0n) is 9.48. The fourth-order valence-electron chi connectivity index (χ4n) is 1.81. The van der Waals surface area contributed by atoms with Crippen LogP contribution in [-0.4, -0.2) is 29.4 Å². The molecule has 1 amide bonds. The van der Waals surface area contributed by atoms with E-state index in [1.165, 1.54) is 24.6 Å². The highest BCUT2D eigenvalue weighted by atomic mass is 19.1. The molecule has 0 N–H and O–H groups in total. The lowest BCUT2D eigenvalue weighted by Gasteiger charge is -2.16. The number of pyridine rings is 1. The van der Waals surface area contributed by atoms with E-state index in [1.807, 2.05) is 0 Å². The quantitative estimate of drug-likeness (QED) is 0.732. The van der Waals surface area contributed by atoms with Crippen molar-refractivity contribution in [1.29, 1.82) is 0 Å². The standard InChI is InChI=1S/C12H15FN2O/c1-8-6-9(8)7-15(2)12(16)10-4-3-5-11(13)14-10/h3-5,8-9H,6-7H2,1-2H3. The van der Waals surface area contributed by atoms with Gasteiger partial charge in [0.15, 0.2) is 0 Å². The molecule has 1 aromatic rings. The summed E-state index contributed by atoms with van der Waals surface area (Å²) in [6.45, 7) is 2.90. The van der Waals surface area contributed by atoms with E-state index in [4.69, 9.17) is 0 Å². The molecule has 86 valence electrons. The Hall–Kier alpha value is -1.45. The minimum Gasteiger partial charge on any atom is -0.340 e. The number of carbonyl (C=O) groups excluding carboxylic acids is 1. The molecule has 2 rings (SSSR count). The van der Waals surface area contributed by atoms with Crippen LogP contribution in [0.5, 0.6) is 0 Å². The molecule has 1 aromatic heterocycles. The summed E-state index contributed by atoms with van der Waals surface area (Å²) in [4.78, 5) is 17.1. The Morgan fingerprint density at radius 1 is 1.62 bits per heavy atom. The number of rotatable bonds is 3. The number of hydrogen-bond donors (Lipinski definition) is 0. The Balaban J connectivity index is 2.01. The third kappa shape index (κ3) is 2.38. The second kappa shape index (κ2) is 4.20. The predicted molar refractivity (Wildman–Crippen MR) is 58.4 cm³/mol. The summed E-state index contributed by atoms with van der Waals surface area (Å²) in [6, 6.07) is 4.28. The Morgan fingerprint density at radius 3 is 2.88 bits per heavy atom. The molecule has 0 aliphatic heterocycles. The normalized spacial score (nSPS) is 22.9. The lowest BCUT2D eigenvalue weighted by atomic mass is 10.3. The minimum absolute atomic E-state index is 0.177. The molecule has 1 heterocycles. The van der Waals surface area contributed by atoms with Crippen LogP contribution in [0.2, 0.25) is 0 Å². The van der Waals surface area contributed by atoms with Crippen molar-refractivity contribution in [3.05, 3.63) is 29.8 Å². The maximum atomic E-state index is 12.8. The lowest BCUT2D eigenvalue weighted by Crippen LogP contribution is -2.29. The molecule has 1 fully saturated rings. The SMILES string of the molecule is CC1CC1CN(C)C(=O)c1cccc(F)n1. The second-order valence-corrected chi connectivity index (χ2v) is 4.50. The Labute approximate surface area is 94.3 Å². The fourth-order valence-corrected chi connectivity index (χ4v) is 1.81. The molecule has 1 aliphatic carbocycles. The highest BCUT2D eigenvalue weighted by molar-refractivity contribution is 5.92. The van der Waals surface area contributed by atoms with Gasteiger partial charge in [0, 0.05) is 13.6 Å². The number of nitrogens with zero attached hydrogens (tertiary/aromatic N) is 2. The summed E-state index contributed by atoms with van der Waals surface area (Å²) in [5.74, 6) is 0.482. The van der Waals surface area contributed by atoms with Gasteiger partial charge in [0.1, 0.15) is 5.69 Å². The molecule has 1 saturated carbocycles. The van der Waals surface area contributed by atoms with Crippen molar-refractivity contribution in [2.45, 2.75) is 13.3 Å². The van der Waals surface area contributed by atoms with Crippen LogP contribution in [0, 0.1) is 17.8 Å². The van der Waals surface area contributed by atoms with E-state index >= 15 is 0 Å². The zero-order chi connectivity index (χ0) is 11.7. The first-order valence-corrected chi connectivity index (χ1v) is 5.46. The lowest BCUT2D eigenvalue weighted by molar-refractivity contribution is 0.0780. The van der Waals surface area contributed by atoms with Gasteiger partial charge in [0.2, 0.25) is 5.95 Å². The van der Waals surface area contributed by atoms with Crippen LogP contribution in [0.25, 0.3) is 0 Å². The highest BCUT2D eigenvalue weighted by Gasteiger charge is 2.34. The molecule has 16 heavy (non-hydrogen) atoms. The van der Waals surface area contributed by atoms with E-state index in [0.717, 1.165) is 6.54 Å². The summed E-state index contributed by atoms with van der Waals surface area (Å²) in [7, 11) is 1.74. The van der Waals surface area contributed by atoms with Crippen LogP contribution >= 0.6 is 0 Å². The Morgan fingerprint density at radius 2 is 2.31 bits per heavy atom. The van der Waals surface area contributed by atoms with Gasteiger partial charge < -0.3 is 4.90 Å². The van der Waals surface area contributed by atoms with E-state index in [0.29, 0.717) is 11.8 Å². The zero-order valence-corrected chi connectivity index (χ0v) is 9.48. The van der Waals surface area contributed by atoms with Crippen molar-refractivity contribution in [3.8, 4) is 0 Å². The van der Waals surface area contributed by atoms with Gasteiger partial charge in [-0.05, 0) is 30.4 Å². The van der Waals surface area contributed by atoms with Crippen LogP contribution in [0.4, 0.5) is 4.39 Å². The number of aromatic nitrogens is 1. The van der Waals surface area contributed by atoms with Gasteiger partial charge in [0.25, 0.3) is 5.91 Å². The van der Waals surface area contributed by atoms with Crippen molar-refractivity contribution in [1.82, 2.24) is 9.88 Å². The smallest absolute Gasteiger partial charge is 0.272 e. The molecule has 0 bridgehead atoms. The molecule has 2 atom stereocenters. The first-order chi connectivity index (χ1) is 7.58. The number of halogens is 1. The summed E-state index contributed by atoms with van der Waals surface area (Å²) in [5.41, 5.74) is 0.177. The van der Waals surface area contributed by atoms with E-state index in [2.05, 4.69) is 11.9 Å². The molecule has 2 unspecified atom stereocenters. The molecular formula is C12H15FN2O. The monoisotopic (exact) mass is 222 g/mol. The van der Waals surface area contributed by atoms with Gasteiger partial charge in [-0.1, -0.05) is 13.0 Å². The van der Waals surface area contributed by atoms with Gasteiger partial charge in [-0.2, -0.15) is 4.39 Å². The fraction of sp³-hybridized carbons (Fsp3) is 0.500. The third-order valence-electron chi connectivity index (χ3n) is 3.07. The summed E-state index contributed by atoms with van der Waals surface area (Å²) in [5, 5.41) is 0. The first kappa shape index (κ1) is 11.0.